The molecule has 0 spiro atoms. The third-order valence-electron chi connectivity index (χ3n) is 4.19. The molecule has 3 aromatic heterocycles. The predicted octanol–water partition coefficient (Wildman–Crippen LogP) is 1.86. The van der Waals surface area contributed by atoms with Crippen LogP contribution in [0.4, 0.5) is 5.69 Å². The molecule has 1 fully saturated rings. The van der Waals surface area contributed by atoms with Gasteiger partial charge in [0.2, 0.25) is 5.91 Å². The van der Waals surface area contributed by atoms with Crippen molar-refractivity contribution in [3.63, 3.8) is 0 Å². The van der Waals surface area contributed by atoms with E-state index in [0.717, 1.165) is 28.7 Å². The lowest BCUT2D eigenvalue weighted by molar-refractivity contribution is -0.118. The van der Waals surface area contributed by atoms with E-state index in [4.69, 9.17) is 0 Å². The molecule has 1 N–H and O–H groups in total. The molecule has 4 rings (SSSR count). The van der Waals surface area contributed by atoms with Crippen LogP contribution in [0.1, 0.15) is 18.7 Å². The quantitative estimate of drug-likeness (QED) is 0.785. The number of nitrogens with zero attached hydrogens (tertiary/aromatic N) is 4. The van der Waals surface area contributed by atoms with E-state index in [0.29, 0.717) is 16.0 Å². The predicted molar refractivity (Wildman–Crippen MR) is 95.3 cm³/mol. The zero-order chi connectivity index (χ0) is 17.0. The molecule has 3 aromatic rings. The van der Waals surface area contributed by atoms with E-state index in [1.165, 1.54) is 16.0 Å². The number of aryl methyl sites for hydroxylation is 1. The Bertz CT molecular complexity index is 1030. The molecule has 0 saturated heterocycles. The van der Waals surface area contributed by atoms with Gasteiger partial charge in [-0.05, 0) is 25.8 Å². The minimum atomic E-state index is -0.251. The second-order valence-corrected chi connectivity index (χ2v) is 7.23. The fraction of sp³-hybridized carbons (Fsp3) is 0.375. The number of thiophene rings is 1. The van der Waals surface area contributed by atoms with E-state index in [9.17, 15) is 9.59 Å². The van der Waals surface area contributed by atoms with Crippen LogP contribution in [0.5, 0.6) is 0 Å². The van der Waals surface area contributed by atoms with Gasteiger partial charge in [0.25, 0.3) is 5.56 Å². The van der Waals surface area contributed by atoms with Gasteiger partial charge in [0, 0.05) is 26.2 Å². The molecular weight excluding hydrogens is 326 g/mol. The number of amides is 1. The summed E-state index contributed by atoms with van der Waals surface area (Å²) in [6.45, 7) is 1.73. The SMILES string of the molecule is Cc1nc2c(sc3nccc(N(C)C)c32)c(=O)n1NC(=O)C1CC1. The van der Waals surface area contributed by atoms with E-state index < -0.39 is 0 Å². The van der Waals surface area contributed by atoms with Crippen molar-refractivity contribution in [1.29, 1.82) is 0 Å². The molecule has 3 heterocycles. The molecule has 1 aliphatic carbocycles. The van der Waals surface area contributed by atoms with Gasteiger partial charge in [0.15, 0.2) is 0 Å². The molecule has 0 radical (unpaired) electrons. The molecule has 124 valence electrons. The zero-order valence-electron chi connectivity index (χ0n) is 13.7. The molecule has 1 saturated carbocycles. The van der Waals surface area contributed by atoms with Gasteiger partial charge < -0.3 is 4.90 Å². The van der Waals surface area contributed by atoms with Crippen LogP contribution < -0.4 is 15.9 Å². The van der Waals surface area contributed by atoms with Crippen molar-refractivity contribution in [3.8, 4) is 0 Å². The monoisotopic (exact) mass is 343 g/mol. The molecule has 0 atom stereocenters. The number of hydrogen-bond acceptors (Lipinski definition) is 6. The Morgan fingerprint density at radius 3 is 2.83 bits per heavy atom. The summed E-state index contributed by atoms with van der Waals surface area (Å²) in [7, 11) is 3.89. The minimum Gasteiger partial charge on any atom is -0.377 e. The normalized spacial score (nSPS) is 14.3. The average molecular weight is 343 g/mol. The Morgan fingerprint density at radius 1 is 1.42 bits per heavy atom. The number of anilines is 1. The Hall–Kier alpha value is -2.48. The molecule has 0 aromatic carbocycles. The summed E-state index contributed by atoms with van der Waals surface area (Å²) in [5.41, 5.74) is 4.06. The summed E-state index contributed by atoms with van der Waals surface area (Å²) in [6.07, 6.45) is 3.50. The lowest BCUT2D eigenvalue weighted by Crippen LogP contribution is -2.35. The summed E-state index contributed by atoms with van der Waals surface area (Å²) in [4.78, 5) is 36.6. The van der Waals surface area contributed by atoms with Crippen LogP contribution in [-0.2, 0) is 4.79 Å². The summed E-state index contributed by atoms with van der Waals surface area (Å²) >= 11 is 1.31. The molecule has 0 bridgehead atoms. The van der Waals surface area contributed by atoms with Crippen LogP contribution in [0.3, 0.4) is 0 Å². The second kappa shape index (κ2) is 5.27. The molecular formula is C16H17N5O2S. The maximum Gasteiger partial charge on any atom is 0.290 e. The van der Waals surface area contributed by atoms with Gasteiger partial charge in [-0.2, -0.15) is 0 Å². The fourth-order valence-electron chi connectivity index (χ4n) is 2.75. The number of nitrogens with one attached hydrogen (secondary N) is 1. The molecule has 1 amide bonds. The molecule has 24 heavy (non-hydrogen) atoms. The Labute approximate surface area is 141 Å². The first-order valence-electron chi connectivity index (χ1n) is 7.76. The second-order valence-electron chi connectivity index (χ2n) is 6.23. The lowest BCUT2D eigenvalue weighted by atomic mass is 10.2. The number of aromatic nitrogens is 3. The van der Waals surface area contributed by atoms with Gasteiger partial charge in [-0.25, -0.2) is 14.6 Å². The smallest absolute Gasteiger partial charge is 0.290 e. The number of carbonyl (C=O) groups excluding carboxylic acids is 1. The van der Waals surface area contributed by atoms with Gasteiger partial charge >= 0.3 is 0 Å². The molecule has 0 aliphatic heterocycles. The largest absolute Gasteiger partial charge is 0.377 e. The van der Waals surface area contributed by atoms with E-state index in [-0.39, 0.29) is 17.4 Å². The van der Waals surface area contributed by atoms with E-state index in [2.05, 4.69) is 15.4 Å². The number of pyridine rings is 1. The highest BCUT2D eigenvalue weighted by Gasteiger charge is 2.30. The maximum absolute atomic E-state index is 12.9. The van der Waals surface area contributed by atoms with Crippen molar-refractivity contribution in [3.05, 3.63) is 28.4 Å². The van der Waals surface area contributed by atoms with Gasteiger partial charge in [-0.1, -0.05) is 0 Å². The first kappa shape index (κ1) is 15.1. The minimum absolute atomic E-state index is 0.0245. The van der Waals surface area contributed by atoms with E-state index in [1.807, 2.05) is 25.1 Å². The number of rotatable bonds is 3. The fourth-order valence-corrected chi connectivity index (χ4v) is 3.79. The third-order valence-corrected chi connectivity index (χ3v) is 5.27. The Morgan fingerprint density at radius 2 is 2.17 bits per heavy atom. The highest BCUT2D eigenvalue weighted by molar-refractivity contribution is 7.25. The number of fused-ring (bicyclic) bond motifs is 3. The Kier molecular flexibility index (Phi) is 3.31. The standard InChI is InChI=1S/C16H17N5O2S/c1-8-18-12-11-10(20(2)3)6-7-17-15(11)24-13(12)16(23)21(8)19-14(22)9-4-5-9/h6-7,9H,4-5H2,1-3H3,(H,19,22). The van der Waals surface area contributed by atoms with Crippen LogP contribution in [0.25, 0.3) is 20.4 Å². The molecule has 0 unspecified atom stereocenters. The van der Waals surface area contributed by atoms with Crippen molar-refractivity contribution < 1.29 is 4.79 Å². The molecule has 1 aliphatic rings. The van der Waals surface area contributed by atoms with Crippen LogP contribution in [0.15, 0.2) is 17.1 Å². The van der Waals surface area contributed by atoms with Gasteiger partial charge in [-0.3, -0.25) is 15.0 Å². The van der Waals surface area contributed by atoms with Gasteiger partial charge in [-0.15, -0.1) is 11.3 Å². The summed E-state index contributed by atoms with van der Waals surface area (Å²) < 4.78 is 1.77. The van der Waals surface area contributed by atoms with Crippen LogP contribution >= 0.6 is 11.3 Å². The molecule has 8 heteroatoms. The number of hydrogen-bond donors (Lipinski definition) is 1. The Balaban J connectivity index is 1.96. The average Bonchev–Trinajstić information content (AvgIpc) is 3.33. The van der Waals surface area contributed by atoms with Crippen molar-refractivity contribution in [2.24, 2.45) is 5.92 Å². The number of carbonyl (C=O) groups is 1. The van der Waals surface area contributed by atoms with Crippen LogP contribution in [-0.4, -0.2) is 34.6 Å². The van der Waals surface area contributed by atoms with E-state index >= 15 is 0 Å². The first-order chi connectivity index (χ1) is 11.5. The molecule has 7 nitrogen and oxygen atoms in total. The highest BCUT2D eigenvalue weighted by Crippen LogP contribution is 2.35. The van der Waals surface area contributed by atoms with Crippen LogP contribution in [0.2, 0.25) is 0 Å². The topological polar surface area (TPSA) is 80.1 Å². The van der Waals surface area contributed by atoms with Crippen molar-refractivity contribution in [2.75, 3.05) is 24.4 Å². The third kappa shape index (κ3) is 2.25. The summed E-state index contributed by atoms with van der Waals surface area (Å²) in [6, 6.07) is 1.91. The van der Waals surface area contributed by atoms with Gasteiger partial charge in [0.05, 0.1) is 11.1 Å². The van der Waals surface area contributed by atoms with Crippen molar-refractivity contribution in [2.45, 2.75) is 19.8 Å². The summed E-state index contributed by atoms with van der Waals surface area (Å²) in [5.74, 6) is 0.376. The van der Waals surface area contributed by atoms with Crippen molar-refractivity contribution in [1.82, 2.24) is 14.6 Å². The lowest BCUT2D eigenvalue weighted by Gasteiger charge is -2.14. The van der Waals surface area contributed by atoms with Crippen molar-refractivity contribution >= 4 is 43.4 Å². The first-order valence-corrected chi connectivity index (χ1v) is 8.58. The zero-order valence-corrected chi connectivity index (χ0v) is 14.5. The summed E-state index contributed by atoms with van der Waals surface area (Å²) in [5, 5.41) is 0.878. The van der Waals surface area contributed by atoms with E-state index in [1.54, 1.807) is 13.1 Å². The van der Waals surface area contributed by atoms with Crippen LogP contribution in [0, 0.1) is 12.8 Å². The highest BCUT2D eigenvalue weighted by atomic mass is 32.1. The van der Waals surface area contributed by atoms with Gasteiger partial charge in [0.1, 0.15) is 20.9 Å². The maximum atomic E-state index is 12.9.